The lowest BCUT2D eigenvalue weighted by Gasteiger charge is -1.98. The van der Waals surface area contributed by atoms with E-state index in [1.807, 2.05) is 55.5 Å². The third-order valence-corrected chi connectivity index (χ3v) is 4.11. The van der Waals surface area contributed by atoms with Crippen LogP contribution in [0.25, 0.3) is 45.2 Å². The highest BCUT2D eigenvalue weighted by Gasteiger charge is 2.22. The topological polar surface area (TPSA) is 107 Å². The van der Waals surface area contributed by atoms with E-state index in [0.29, 0.717) is 28.8 Å². The molecule has 8 nitrogen and oxygen atoms in total. The number of rotatable bonds is 3. The van der Waals surface area contributed by atoms with E-state index in [1.165, 1.54) is 0 Å². The highest BCUT2D eigenvalue weighted by molar-refractivity contribution is 5.80. The molecule has 0 fully saturated rings. The Morgan fingerprint density at radius 3 is 2.54 bits per heavy atom. The van der Waals surface area contributed by atoms with Crippen molar-refractivity contribution in [3.8, 4) is 34.2 Å². The zero-order valence-corrected chi connectivity index (χ0v) is 13.7. The molecule has 0 unspecified atom stereocenters. The van der Waals surface area contributed by atoms with Crippen molar-refractivity contribution in [3.05, 3.63) is 54.3 Å². The molecule has 0 aliphatic carbocycles. The van der Waals surface area contributed by atoms with Crippen molar-refractivity contribution >= 4 is 11.0 Å². The first-order valence-electron chi connectivity index (χ1n) is 7.96. The fourth-order valence-corrected chi connectivity index (χ4v) is 2.83. The average molecular weight is 344 g/mol. The van der Waals surface area contributed by atoms with Crippen molar-refractivity contribution in [3.63, 3.8) is 0 Å². The maximum Gasteiger partial charge on any atom is 0.254 e. The Balaban J connectivity index is 1.60. The summed E-state index contributed by atoms with van der Waals surface area (Å²) in [5.74, 6) is 1.37. The van der Waals surface area contributed by atoms with Crippen LogP contribution in [0.3, 0.4) is 0 Å². The first-order chi connectivity index (χ1) is 12.8. The predicted molar refractivity (Wildman–Crippen MR) is 92.9 cm³/mol. The summed E-state index contributed by atoms with van der Waals surface area (Å²) in [5, 5.41) is 23.2. The summed E-state index contributed by atoms with van der Waals surface area (Å²) in [6.45, 7) is 1.82. The molecule has 0 saturated heterocycles. The van der Waals surface area contributed by atoms with Crippen LogP contribution in [0.15, 0.2) is 57.5 Å². The van der Waals surface area contributed by atoms with Crippen molar-refractivity contribution in [1.29, 1.82) is 0 Å². The van der Waals surface area contributed by atoms with Gasteiger partial charge in [0.15, 0.2) is 0 Å². The molecule has 5 rings (SSSR count). The molecular formula is C18H12N6O2. The van der Waals surface area contributed by atoms with Gasteiger partial charge in [-0.3, -0.25) is 0 Å². The van der Waals surface area contributed by atoms with E-state index >= 15 is 0 Å². The summed E-state index contributed by atoms with van der Waals surface area (Å²) in [7, 11) is 0. The van der Waals surface area contributed by atoms with Crippen molar-refractivity contribution in [2.75, 3.05) is 0 Å². The molecule has 3 heterocycles. The molecular weight excluding hydrogens is 332 g/mol. The number of hydrogen-bond acceptors (Lipinski definition) is 7. The molecule has 0 atom stereocenters. The molecule has 2 aromatic carbocycles. The minimum atomic E-state index is 0.359. The first-order valence-corrected chi connectivity index (χ1v) is 7.96. The number of aryl methyl sites for hydroxylation is 1. The summed E-state index contributed by atoms with van der Waals surface area (Å²) in [6, 6.07) is 15.3. The third-order valence-electron chi connectivity index (χ3n) is 4.11. The molecule has 1 N–H and O–H groups in total. The van der Waals surface area contributed by atoms with Crippen LogP contribution in [-0.2, 0) is 0 Å². The maximum atomic E-state index is 5.90. The standard InChI is InChI=1S/C18H12N6O2/c1-10-15(16(23-26-10)11-5-3-2-4-6-11)18-22-21-17(25-18)12-7-8-13-14(9-12)20-24-19-13/h2-9H,1H3,(H,19,20,24). The van der Waals surface area contributed by atoms with Gasteiger partial charge in [0, 0.05) is 11.1 Å². The van der Waals surface area contributed by atoms with Gasteiger partial charge in [-0.15, -0.1) is 10.2 Å². The molecule has 126 valence electrons. The Labute approximate surface area is 146 Å². The largest absolute Gasteiger partial charge is 0.416 e. The molecule has 0 aliphatic heterocycles. The lowest BCUT2D eigenvalue weighted by molar-refractivity contribution is 0.399. The van der Waals surface area contributed by atoms with Gasteiger partial charge in [-0.2, -0.15) is 15.4 Å². The van der Waals surface area contributed by atoms with Crippen LogP contribution >= 0.6 is 0 Å². The van der Waals surface area contributed by atoms with Crippen LogP contribution in [-0.4, -0.2) is 30.8 Å². The minimum Gasteiger partial charge on any atom is -0.416 e. The fourth-order valence-electron chi connectivity index (χ4n) is 2.83. The number of H-pyrrole nitrogens is 1. The molecule has 0 spiro atoms. The molecule has 0 amide bonds. The smallest absolute Gasteiger partial charge is 0.254 e. The normalized spacial score (nSPS) is 11.3. The Morgan fingerprint density at radius 1 is 0.846 bits per heavy atom. The quantitative estimate of drug-likeness (QED) is 0.532. The maximum absolute atomic E-state index is 5.90. The van der Waals surface area contributed by atoms with Gasteiger partial charge in [-0.25, -0.2) is 0 Å². The van der Waals surface area contributed by atoms with E-state index in [-0.39, 0.29) is 0 Å². The highest BCUT2D eigenvalue weighted by atomic mass is 16.5. The summed E-state index contributed by atoms with van der Waals surface area (Å²) < 4.78 is 11.3. The van der Waals surface area contributed by atoms with Gasteiger partial charge in [-0.05, 0) is 25.1 Å². The van der Waals surface area contributed by atoms with E-state index in [0.717, 1.165) is 22.2 Å². The summed E-state index contributed by atoms with van der Waals surface area (Å²) in [6.07, 6.45) is 0. The number of nitrogens with zero attached hydrogens (tertiary/aromatic N) is 5. The van der Waals surface area contributed by atoms with Crippen molar-refractivity contribution < 1.29 is 8.94 Å². The Hall–Kier alpha value is -3.81. The zero-order chi connectivity index (χ0) is 17.5. The van der Waals surface area contributed by atoms with Crippen LogP contribution in [0.1, 0.15) is 5.76 Å². The summed E-state index contributed by atoms with van der Waals surface area (Å²) in [5.41, 5.74) is 4.55. The van der Waals surface area contributed by atoms with Gasteiger partial charge >= 0.3 is 0 Å². The van der Waals surface area contributed by atoms with Crippen LogP contribution < -0.4 is 0 Å². The molecule has 26 heavy (non-hydrogen) atoms. The van der Waals surface area contributed by atoms with Crippen LogP contribution in [0.4, 0.5) is 0 Å². The minimum absolute atomic E-state index is 0.359. The number of nitrogens with one attached hydrogen (secondary N) is 1. The lowest BCUT2D eigenvalue weighted by Crippen LogP contribution is -1.84. The Morgan fingerprint density at radius 2 is 1.65 bits per heavy atom. The Bertz CT molecular complexity index is 1200. The molecule has 0 saturated carbocycles. The van der Waals surface area contributed by atoms with Gasteiger partial charge in [0.05, 0.1) is 0 Å². The summed E-state index contributed by atoms with van der Waals surface area (Å²) >= 11 is 0. The van der Waals surface area contributed by atoms with Crippen molar-refractivity contribution in [2.24, 2.45) is 0 Å². The SMILES string of the molecule is Cc1onc(-c2ccccc2)c1-c1nnc(-c2ccc3n[nH]nc3c2)o1. The number of benzene rings is 2. The second-order valence-electron chi connectivity index (χ2n) is 5.77. The zero-order valence-electron chi connectivity index (χ0n) is 13.7. The lowest BCUT2D eigenvalue weighted by atomic mass is 10.1. The number of fused-ring (bicyclic) bond motifs is 1. The van der Waals surface area contributed by atoms with Crippen molar-refractivity contribution in [2.45, 2.75) is 6.92 Å². The van der Waals surface area contributed by atoms with Gasteiger partial charge in [0.25, 0.3) is 5.89 Å². The van der Waals surface area contributed by atoms with E-state index < -0.39 is 0 Å². The predicted octanol–water partition coefficient (Wildman–Crippen LogP) is 3.64. The molecule has 0 aliphatic rings. The molecule has 0 radical (unpaired) electrons. The second kappa shape index (κ2) is 5.62. The molecule has 0 bridgehead atoms. The third kappa shape index (κ3) is 2.27. The van der Waals surface area contributed by atoms with Gasteiger partial charge in [0.2, 0.25) is 5.89 Å². The van der Waals surface area contributed by atoms with Gasteiger partial charge < -0.3 is 8.94 Å². The molecule has 5 aromatic rings. The van der Waals surface area contributed by atoms with E-state index in [2.05, 4.69) is 30.8 Å². The van der Waals surface area contributed by atoms with E-state index in [9.17, 15) is 0 Å². The van der Waals surface area contributed by atoms with Gasteiger partial charge in [-0.1, -0.05) is 35.5 Å². The first kappa shape index (κ1) is 14.5. The van der Waals surface area contributed by atoms with Crippen LogP contribution in [0.2, 0.25) is 0 Å². The van der Waals surface area contributed by atoms with Crippen LogP contribution in [0, 0.1) is 6.92 Å². The van der Waals surface area contributed by atoms with E-state index in [4.69, 9.17) is 8.94 Å². The molecule has 8 heteroatoms. The van der Waals surface area contributed by atoms with Crippen LogP contribution in [0.5, 0.6) is 0 Å². The summed E-state index contributed by atoms with van der Waals surface area (Å²) in [4.78, 5) is 0. The fraction of sp³-hybridized carbons (Fsp3) is 0.0556. The van der Waals surface area contributed by atoms with Gasteiger partial charge in [0.1, 0.15) is 28.1 Å². The monoisotopic (exact) mass is 344 g/mol. The van der Waals surface area contributed by atoms with E-state index in [1.54, 1.807) is 0 Å². The number of aromatic nitrogens is 6. The van der Waals surface area contributed by atoms with Crippen molar-refractivity contribution in [1.82, 2.24) is 30.8 Å². The number of hydrogen-bond donors (Lipinski definition) is 1. The highest BCUT2D eigenvalue weighted by Crippen LogP contribution is 2.34. The molecule has 3 aromatic heterocycles. The Kier molecular flexibility index (Phi) is 3.14. The number of aromatic amines is 1. The average Bonchev–Trinajstić information content (AvgIpc) is 3.40. The second-order valence-corrected chi connectivity index (χ2v) is 5.77.